The third-order valence-corrected chi connectivity index (χ3v) is 3.93. The summed E-state index contributed by atoms with van der Waals surface area (Å²) in [5, 5.41) is 5.28. The highest BCUT2D eigenvalue weighted by molar-refractivity contribution is 7.10. The van der Waals surface area contributed by atoms with Gasteiger partial charge < -0.3 is 11.1 Å². The number of nitrogens with two attached hydrogens (primary N) is 1. The largest absolute Gasteiger partial charge is 0.322 e. The Balaban J connectivity index is 2.17. The number of hydrogen-bond donors (Lipinski definition) is 2. The molecule has 0 aliphatic carbocycles. The average molecular weight is 301 g/mol. The Morgan fingerprint density at radius 1 is 1.22 bits per heavy atom. The number of thiophene rings is 1. The van der Waals surface area contributed by atoms with Gasteiger partial charge in [-0.05, 0) is 23.6 Å². The van der Waals surface area contributed by atoms with Crippen molar-refractivity contribution < 1.29 is 4.79 Å². The van der Waals surface area contributed by atoms with Gasteiger partial charge in [0.15, 0.2) is 0 Å². The lowest BCUT2D eigenvalue weighted by Crippen LogP contribution is -2.27. The van der Waals surface area contributed by atoms with E-state index in [0.717, 1.165) is 4.88 Å². The molecule has 1 heterocycles. The number of rotatable bonds is 3. The molecule has 94 valence electrons. The van der Waals surface area contributed by atoms with E-state index < -0.39 is 6.04 Å². The Labute approximate surface area is 119 Å². The fraction of sp³-hybridized carbons (Fsp3) is 0.0833. The lowest BCUT2D eigenvalue weighted by molar-refractivity contribution is -0.117. The van der Waals surface area contributed by atoms with E-state index in [2.05, 4.69) is 5.32 Å². The Morgan fingerprint density at radius 2 is 1.89 bits per heavy atom. The van der Waals surface area contributed by atoms with Gasteiger partial charge in [0.1, 0.15) is 6.04 Å². The van der Waals surface area contributed by atoms with Gasteiger partial charge in [0.2, 0.25) is 5.91 Å². The van der Waals surface area contributed by atoms with E-state index in [0.29, 0.717) is 15.7 Å². The van der Waals surface area contributed by atoms with Crippen LogP contribution in [0.4, 0.5) is 5.69 Å². The van der Waals surface area contributed by atoms with Gasteiger partial charge in [-0.25, -0.2) is 0 Å². The van der Waals surface area contributed by atoms with E-state index >= 15 is 0 Å². The number of carbonyl (C=O) groups excluding carboxylic acids is 1. The number of hydrogen-bond acceptors (Lipinski definition) is 3. The molecule has 0 aliphatic rings. The molecule has 1 aromatic heterocycles. The molecule has 0 fully saturated rings. The Kier molecular flexibility index (Phi) is 4.24. The predicted molar refractivity (Wildman–Crippen MR) is 76.3 cm³/mol. The van der Waals surface area contributed by atoms with Crippen LogP contribution in [0.15, 0.2) is 35.7 Å². The summed E-state index contributed by atoms with van der Waals surface area (Å²) in [4.78, 5) is 12.8. The topological polar surface area (TPSA) is 55.1 Å². The lowest BCUT2D eigenvalue weighted by Gasteiger charge is -2.12. The highest BCUT2D eigenvalue weighted by atomic mass is 35.5. The van der Waals surface area contributed by atoms with Crippen LogP contribution in [0.5, 0.6) is 0 Å². The Bertz CT molecular complexity index is 537. The fourth-order valence-corrected chi connectivity index (χ4v) is 2.63. The minimum atomic E-state index is -0.725. The van der Waals surface area contributed by atoms with Gasteiger partial charge in [0.25, 0.3) is 0 Å². The standard InChI is InChI=1S/C12H10Cl2N2OS/c13-7-3-1-4-8(14)11(7)16-12(17)10(15)9-5-2-6-18-9/h1-6,10H,15H2,(H,16,17). The first-order chi connectivity index (χ1) is 8.59. The lowest BCUT2D eigenvalue weighted by atomic mass is 10.2. The molecule has 2 rings (SSSR count). The van der Waals surface area contributed by atoms with Crippen molar-refractivity contribution in [1.82, 2.24) is 0 Å². The molecule has 6 heteroatoms. The van der Waals surface area contributed by atoms with Gasteiger partial charge in [0, 0.05) is 4.88 Å². The molecule has 1 aromatic carbocycles. The summed E-state index contributed by atoms with van der Waals surface area (Å²) in [7, 11) is 0. The predicted octanol–water partition coefficient (Wildman–Crippen LogP) is 3.69. The smallest absolute Gasteiger partial charge is 0.246 e. The summed E-state index contributed by atoms with van der Waals surface area (Å²) in [6, 6.07) is 7.94. The molecule has 1 amide bonds. The van der Waals surface area contributed by atoms with Crippen molar-refractivity contribution in [3.05, 3.63) is 50.6 Å². The monoisotopic (exact) mass is 300 g/mol. The number of carbonyl (C=O) groups is 1. The van der Waals surface area contributed by atoms with E-state index in [9.17, 15) is 4.79 Å². The number of amides is 1. The number of halogens is 2. The summed E-state index contributed by atoms with van der Waals surface area (Å²) in [6.07, 6.45) is 0. The summed E-state index contributed by atoms with van der Waals surface area (Å²) in [5.41, 5.74) is 6.23. The second kappa shape index (κ2) is 5.71. The molecule has 18 heavy (non-hydrogen) atoms. The quantitative estimate of drug-likeness (QED) is 0.908. The van der Waals surface area contributed by atoms with Crippen molar-refractivity contribution in [3.63, 3.8) is 0 Å². The van der Waals surface area contributed by atoms with Gasteiger partial charge in [-0.3, -0.25) is 4.79 Å². The zero-order valence-corrected chi connectivity index (χ0v) is 11.5. The molecule has 1 atom stereocenters. The van der Waals surface area contributed by atoms with Crippen molar-refractivity contribution in [3.8, 4) is 0 Å². The molecule has 0 radical (unpaired) electrons. The highest BCUT2D eigenvalue weighted by Crippen LogP contribution is 2.30. The van der Waals surface area contributed by atoms with Crippen LogP contribution in [-0.2, 0) is 4.79 Å². The molecule has 3 nitrogen and oxygen atoms in total. The van der Waals surface area contributed by atoms with Crippen molar-refractivity contribution in [2.24, 2.45) is 5.73 Å². The number of nitrogens with one attached hydrogen (secondary N) is 1. The second-order valence-electron chi connectivity index (χ2n) is 3.58. The van der Waals surface area contributed by atoms with Gasteiger partial charge in [0.05, 0.1) is 15.7 Å². The van der Waals surface area contributed by atoms with Gasteiger partial charge in [-0.2, -0.15) is 0 Å². The Morgan fingerprint density at radius 3 is 2.44 bits per heavy atom. The zero-order chi connectivity index (χ0) is 13.1. The van der Waals surface area contributed by atoms with E-state index in [-0.39, 0.29) is 5.91 Å². The number of benzene rings is 1. The van der Waals surface area contributed by atoms with Crippen LogP contribution in [0, 0.1) is 0 Å². The molecule has 0 bridgehead atoms. The van der Waals surface area contributed by atoms with Crippen molar-refractivity contribution in [2.45, 2.75) is 6.04 Å². The van der Waals surface area contributed by atoms with Gasteiger partial charge in [-0.15, -0.1) is 11.3 Å². The first-order valence-electron chi connectivity index (χ1n) is 5.13. The van der Waals surface area contributed by atoms with E-state index in [4.69, 9.17) is 28.9 Å². The summed E-state index contributed by atoms with van der Waals surface area (Å²) < 4.78 is 0. The van der Waals surface area contributed by atoms with Crippen molar-refractivity contribution in [2.75, 3.05) is 5.32 Å². The van der Waals surface area contributed by atoms with Gasteiger partial charge in [-0.1, -0.05) is 35.3 Å². The van der Waals surface area contributed by atoms with Crippen LogP contribution >= 0.6 is 34.5 Å². The molecule has 0 aliphatic heterocycles. The summed E-state index contributed by atoms with van der Waals surface area (Å²) >= 11 is 13.4. The van der Waals surface area contributed by atoms with E-state index in [1.807, 2.05) is 17.5 Å². The minimum absolute atomic E-state index is 0.340. The molecular weight excluding hydrogens is 291 g/mol. The number of anilines is 1. The number of para-hydroxylation sites is 1. The normalized spacial score (nSPS) is 12.2. The molecule has 0 spiro atoms. The van der Waals surface area contributed by atoms with Crippen LogP contribution in [0.25, 0.3) is 0 Å². The maximum Gasteiger partial charge on any atom is 0.246 e. The van der Waals surface area contributed by atoms with Crippen LogP contribution in [-0.4, -0.2) is 5.91 Å². The third-order valence-electron chi connectivity index (χ3n) is 2.34. The molecule has 2 aromatic rings. The van der Waals surface area contributed by atoms with Crippen LogP contribution < -0.4 is 11.1 Å². The maximum atomic E-state index is 12.0. The summed E-state index contributed by atoms with van der Waals surface area (Å²) in [5.74, 6) is -0.340. The maximum absolute atomic E-state index is 12.0. The van der Waals surface area contributed by atoms with E-state index in [1.54, 1.807) is 18.2 Å². The molecule has 3 N–H and O–H groups in total. The SMILES string of the molecule is NC(C(=O)Nc1c(Cl)cccc1Cl)c1cccs1. The minimum Gasteiger partial charge on any atom is -0.322 e. The van der Waals surface area contributed by atoms with Crippen molar-refractivity contribution in [1.29, 1.82) is 0 Å². The van der Waals surface area contributed by atoms with Crippen LogP contribution in [0.2, 0.25) is 10.0 Å². The first kappa shape index (κ1) is 13.4. The second-order valence-corrected chi connectivity index (χ2v) is 5.37. The highest BCUT2D eigenvalue weighted by Gasteiger charge is 2.18. The van der Waals surface area contributed by atoms with Crippen LogP contribution in [0.3, 0.4) is 0 Å². The molecule has 1 unspecified atom stereocenters. The third kappa shape index (κ3) is 2.84. The van der Waals surface area contributed by atoms with Crippen molar-refractivity contribution >= 4 is 46.1 Å². The summed E-state index contributed by atoms with van der Waals surface area (Å²) in [6.45, 7) is 0. The Hall–Kier alpha value is -1.07. The molecular formula is C12H10Cl2N2OS. The van der Waals surface area contributed by atoms with Crippen LogP contribution in [0.1, 0.15) is 10.9 Å². The van der Waals surface area contributed by atoms with Gasteiger partial charge >= 0.3 is 0 Å². The zero-order valence-electron chi connectivity index (χ0n) is 9.19. The van der Waals surface area contributed by atoms with E-state index in [1.165, 1.54) is 11.3 Å². The molecule has 0 saturated heterocycles. The first-order valence-corrected chi connectivity index (χ1v) is 6.77. The average Bonchev–Trinajstić information content (AvgIpc) is 2.86. The molecule has 0 saturated carbocycles. The fourth-order valence-electron chi connectivity index (χ4n) is 1.42.